The largest absolute Gasteiger partial charge is 0.453 e. The minimum Gasteiger partial charge on any atom is -0.453 e. The maximum Gasteiger partial charge on any atom is 0.339 e. The molecule has 1 amide bonds. The molecule has 2 aliphatic heterocycles. The SMILES string of the molecule is C[C@]12OC(=O)[C@@]1(C(O)C1C=CCCC1)NC(=O)[C@H]2CCCl. The summed E-state index contributed by atoms with van der Waals surface area (Å²) in [5.74, 6) is -1.14. The van der Waals surface area contributed by atoms with Gasteiger partial charge in [-0.2, -0.15) is 0 Å². The molecule has 3 aliphatic rings. The minimum absolute atomic E-state index is 0.138. The van der Waals surface area contributed by atoms with Gasteiger partial charge >= 0.3 is 5.97 Å². The molecule has 5 atom stereocenters. The van der Waals surface area contributed by atoms with Crippen LogP contribution in [-0.4, -0.2) is 40.1 Å². The molecule has 0 saturated carbocycles. The topological polar surface area (TPSA) is 75.6 Å². The van der Waals surface area contributed by atoms with Crippen molar-refractivity contribution in [3.63, 3.8) is 0 Å². The van der Waals surface area contributed by atoms with Gasteiger partial charge in [0.25, 0.3) is 0 Å². The molecule has 0 bridgehead atoms. The summed E-state index contributed by atoms with van der Waals surface area (Å²) in [5, 5.41) is 13.5. The second-order valence-electron chi connectivity index (χ2n) is 6.29. The van der Waals surface area contributed by atoms with Crippen molar-refractivity contribution in [2.45, 2.75) is 49.9 Å². The van der Waals surface area contributed by atoms with Gasteiger partial charge in [0.05, 0.1) is 12.0 Å². The van der Waals surface area contributed by atoms with Gasteiger partial charge in [-0.15, -0.1) is 11.6 Å². The van der Waals surface area contributed by atoms with Crippen molar-refractivity contribution >= 4 is 23.5 Å². The highest BCUT2D eigenvalue weighted by Gasteiger charge is 2.79. The third-order valence-corrected chi connectivity index (χ3v) is 5.47. The summed E-state index contributed by atoms with van der Waals surface area (Å²) in [6, 6.07) is 0. The zero-order valence-corrected chi connectivity index (χ0v) is 12.7. The Kier molecular flexibility index (Phi) is 3.53. The molecular formula is C15H20ClNO4. The van der Waals surface area contributed by atoms with Crippen molar-refractivity contribution in [3.05, 3.63) is 12.2 Å². The lowest BCUT2D eigenvalue weighted by Crippen LogP contribution is -2.80. The first-order valence-electron chi connectivity index (χ1n) is 7.43. The number of alkyl halides is 1. The van der Waals surface area contributed by atoms with Gasteiger partial charge in [-0.05, 0) is 32.6 Å². The normalized spacial score (nSPS) is 42.8. The Bertz CT molecular complexity index is 508. The summed E-state index contributed by atoms with van der Waals surface area (Å²) in [5.41, 5.74) is -2.34. The first-order chi connectivity index (χ1) is 9.97. The maximum atomic E-state index is 12.2. The molecule has 116 valence electrons. The quantitative estimate of drug-likeness (QED) is 0.463. The lowest BCUT2D eigenvalue weighted by molar-refractivity contribution is -0.238. The number of carbonyl (C=O) groups excluding carboxylic acids is 2. The Labute approximate surface area is 128 Å². The van der Waals surface area contributed by atoms with Gasteiger partial charge in [-0.25, -0.2) is 4.79 Å². The Balaban J connectivity index is 1.94. The van der Waals surface area contributed by atoms with Gasteiger partial charge in [0.15, 0.2) is 5.60 Å². The number of ether oxygens (including phenoxy) is 1. The molecule has 0 spiro atoms. The molecule has 2 heterocycles. The Morgan fingerprint density at radius 2 is 2.33 bits per heavy atom. The molecule has 21 heavy (non-hydrogen) atoms. The Hall–Kier alpha value is -1.07. The summed E-state index contributed by atoms with van der Waals surface area (Å²) >= 11 is 5.76. The number of nitrogens with one attached hydrogen (secondary N) is 1. The molecular weight excluding hydrogens is 294 g/mol. The van der Waals surface area contributed by atoms with Crippen molar-refractivity contribution in [2.24, 2.45) is 11.8 Å². The molecule has 3 rings (SSSR count). The smallest absolute Gasteiger partial charge is 0.339 e. The average Bonchev–Trinajstić information content (AvgIpc) is 2.65. The molecule has 0 aromatic rings. The number of hydrogen-bond acceptors (Lipinski definition) is 4. The second kappa shape index (κ2) is 4.99. The van der Waals surface area contributed by atoms with E-state index in [2.05, 4.69) is 5.32 Å². The van der Waals surface area contributed by atoms with Gasteiger partial charge in [0.2, 0.25) is 11.4 Å². The maximum absolute atomic E-state index is 12.2. The fraction of sp³-hybridized carbons (Fsp3) is 0.733. The van der Waals surface area contributed by atoms with E-state index in [1.165, 1.54) is 0 Å². The molecule has 0 aromatic carbocycles. The first kappa shape index (κ1) is 14.9. The van der Waals surface area contributed by atoms with Crippen LogP contribution < -0.4 is 5.32 Å². The van der Waals surface area contributed by atoms with Crippen LogP contribution in [0.25, 0.3) is 0 Å². The first-order valence-corrected chi connectivity index (χ1v) is 7.97. The van der Waals surface area contributed by atoms with Crippen LogP contribution in [0.15, 0.2) is 12.2 Å². The molecule has 0 aromatic heterocycles. The van der Waals surface area contributed by atoms with E-state index in [9.17, 15) is 14.7 Å². The van der Waals surface area contributed by atoms with Crippen LogP contribution in [0.2, 0.25) is 0 Å². The predicted octanol–water partition coefficient (Wildman–Crippen LogP) is 1.13. The van der Waals surface area contributed by atoms with Crippen LogP contribution in [0.1, 0.15) is 32.6 Å². The lowest BCUT2D eigenvalue weighted by Gasteiger charge is -2.54. The molecule has 2 fully saturated rings. The minimum atomic E-state index is -1.33. The molecule has 2 unspecified atom stereocenters. The molecule has 0 radical (unpaired) electrons. The number of aliphatic hydroxyl groups excluding tert-OH is 1. The van der Waals surface area contributed by atoms with Gasteiger partial charge in [-0.1, -0.05) is 12.2 Å². The number of fused-ring (bicyclic) bond motifs is 1. The van der Waals surface area contributed by atoms with E-state index in [0.717, 1.165) is 19.3 Å². The molecule has 2 saturated heterocycles. The van der Waals surface area contributed by atoms with Crippen LogP contribution in [0.4, 0.5) is 0 Å². The van der Waals surface area contributed by atoms with Gasteiger partial charge in [-0.3, -0.25) is 4.79 Å². The zero-order valence-electron chi connectivity index (χ0n) is 12.0. The van der Waals surface area contributed by atoms with Crippen molar-refractivity contribution in [3.8, 4) is 0 Å². The fourth-order valence-corrected chi connectivity index (χ4v) is 4.21. The number of rotatable bonds is 4. The number of aliphatic hydroxyl groups is 1. The number of allylic oxidation sites excluding steroid dienone is 1. The van der Waals surface area contributed by atoms with Crippen LogP contribution in [0.5, 0.6) is 0 Å². The van der Waals surface area contributed by atoms with Crippen molar-refractivity contribution in [2.75, 3.05) is 5.88 Å². The summed E-state index contributed by atoms with van der Waals surface area (Å²) in [7, 11) is 0. The van der Waals surface area contributed by atoms with E-state index >= 15 is 0 Å². The molecule has 5 nitrogen and oxygen atoms in total. The third-order valence-electron chi connectivity index (χ3n) is 5.25. The van der Waals surface area contributed by atoms with Gasteiger partial charge in [0.1, 0.15) is 0 Å². The van der Waals surface area contributed by atoms with E-state index in [0.29, 0.717) is 12.3 Å². The number of hydrogen-bond donors (Lipinski definition) is 2. The summed E-state index contributed by atoms with van der Waals surface area (Å²) in [6.07, 6.45) is 6.17. The lowest BCUT2D eigenvalue weighted by atomic mass is 9.64. The van der Waals surface area contributed by atoms with Crippen LogP contribution in [-0.2, 0) is 14.3 Å². The second-order valence-corrected chi connectivity index (χ2v) is 6.67. The van der Waals surface area contributed by atoms with Gasteiger partial charge < -0.3 is 15.2 Å². The van der Waals surface area contributed by atoms with Gasteiger partial charge in [0, 0.05) is 11.8 Å². The van der Waals surface area contributed by atoms with Crippen molar-refractivity contribution < 1.29 is 19.4 Å². The van der Waals surface area contributed by atoms with Crippen LogP contribution >= 0.6 is 11.6 Å². The standard InChI is InChI=1S/C15H20ClNO4/c1-14-10(7-8-16)12(19)17-15(14,13(20)21-14)11(18)9-5-3-2-4-6-9/h3,5,9-11,18H,2,4,6-8H2,1H3,(H,17,19)/t9?,10-,11?,14-,15-/m1/s1. The van der Waals surface area contributed by atoms with Crippen molar-refractivity contribution in [1.82, 2.24) is 5.32 Å². The average molecular weight is 314 g/mol. The Morgan fingerprint density at radius 1 is 1.57 bits per heavy atom. The highest BCUT2D eigenvalue weighted by molar-refractivity contribution is 6.18. The summed E-state index contributed by atoms with van der Waals surface area (Å²) < 4.78 is 5.34. The monoisotopic (exact) mass is 313 g/mol. The number of esters is 1. The van der Waals surface area contributed by atoms with E-state index < -0.39 is 29.1 Å². The highest BCUT2D eigenvalue weighted by atomic mass is 35.5. The Morgan fingerprint density at radius 3 is 2.90 bits per heavy atom. The number of halogens is 1. The number of amides is 1. The van der Waals surface area contributed by atoms with Crippen LogP contribution in [0.3, 0.4) is 0 Å². The zero-order chi connectivity index (χ0) is 15.3. The van der Waals surface area contributed by atoms with E-state index in [4.69, 9.17) is 16.3 Å². The van der Waals surface area contributed by atoms with E-state index in [-0.39, 0.29) is 11.8 Å². The third kappa shape index (κ3) is 1.80. The number of carbonyl (C=O) groups is 2. The molecule has 6 heteroatoms. The molecule has 2 N–H and O–H groups in total. The van der Waals surface area contributed by atoms with Crippen LogP contribution in [0, 0.1) is 11.8 Å². The van der Waals surface area contributed by atoms with Crippen molar-refractivity contribution in [1.29, 1.82) is 0 Å². The summed E-state index contributed by atoms with van der Waals surface area (Å²) in [6.45, 7) is 1.72. The molecule has 1 aliphatic carbocycles. The fourth-order valence-electron chi connectivity index (χ4n) is 3.99. The predicted molar refractivity (Wildman–Crippen MR) is 76.7 cm³/mol. The van der Waals surface area contributed by atoms with E-state index in [1.54, 1.807) is 6.92 Å². The van der Waals surface area contributed by atoms with E-state index in [1.807, 2.05) is 12.2 Å². The summed E-state index contributed by atoms with van der Waals surface area (Å²) in [4.78, 5) is 24.4. The highest BCUT2D eigenvalue weighted by Crippen LogP contribution is 2.53.